The van der Waals surface area contributed by atoms with Crippen LogP contribution in [0.4, 0.5) is 8.78 Å². The van der Waals surface area contributed by atoms with Crippen molar-refractivity contribution in [1.82, 2.24) is 14.5 Å². The van der Waals surface area contributed by atoms with Crippen LogP contribution < -0.4 is 15.2 Å². The molecule has 0 saturated carbocycles. The SMILES string of the molecule is N#Cc1cccc2oc(Cn3cc(-c4ccc(OC(F)F)c(Oc5ccoc5)c4)cnc3=O)nc12. The standard InChI is InChI=1S/C24H14F2N4O5/c25-23(26)35-18-5-4-14(8-20(18)33-17-6-7-32-13-17)16-10-28-24(31)30(11-16)12-21-29-22-15(9-27)2-1-3-19(22)34-21/h1-8,10-11,13,23H,12H2. The highest BCUT2D eigenvalue weighted by atomic mass is 19.3. The van der Waals surface area contributed by atoms with Gasteiger partial charge in [-0.25, -0.2) is 14.8 Å². The molecule has 9 nitrogen and oxygen atoms in total. The highest BCUT2D eigenvalue weighted by molar-refractivity contribution is 5.79. The Hall–Kier alpha value is -4.98. The zero-order valence-corrected chi connectivity index (χ0v) is 17.7. The number of hydrogen-bond acceptors (Lipinski definition) is 8. The predicted molar refractivity (Wildman–Crippen MR) is 117 cm³/mol. The number of hydrogen-bond donors (Lipinski definition) is 0. The van der Waals surface area contributed by atoms with E-state index < -0.39 is 12.3 Å². The van der Waals surface area contributed by atoms with Crippen LogP contribution >= 0.6 is 0 Å². The number of ether oxygens (including phenoxy) is 2. The molecule has 2 aromatic carbocycles. The summed E-state index contributed by atoms with van der Waals surface area (Å²) in [5, 5.41) is 9.25. The Morgan fingerprint density at radius 2 is 2.03 bits per heavy atom. The molecule has 3 aromatic heterocycles. The van der Waals surface area contributed by atoms with Gasteiger partial charge < -0.3 is 18.3 Å². The Kier molecular flexibility index (Phi) is 5.68. The molecule has 0 aliphatic carbocycles. The van der Waals surface area contributed by atoms with Crippen LogP contribution in [-0.2, 0) is 6.54 Å². The van der Waals surface area contributed by atoms with Gasteiger partial charge in [-0.15, -0.1) is 0 Å². The predicted octanol–water partition coefficient (Wildman–Crippen LogP) is 4.96. The number of furan rings is 1. The lowest BCUT2D eigenvalue weighted by atomic mass is 10.1. The molecule has 5 aromatic rings. The minimum absolute atomic E-state index is 0.0185. The normalized spacial score (nSPS) is 11.0. The van der Waals surface area contributed by atoms with E-state index in [0.29, 0.717) is 27.8 Å². The third-order valence-electron chi connectivity index (χ3n) is 4.96. The molecule has 0 radical (unpaired) electrons. The molecule has 0 N–H and O–H groups in total. The summed E-state index contributed by atoms with van der Waals surface area (Å²) in [7, 11) is 0. The summed E-state index contributed by atoms with van der Waals surface area (Å²) in [6, 6.07) is 12.9. The second kappa shape index (κ2) is 9.11. The van der Waals surface area contributed by atoms with Crippen molar-refractivity contribution < 1.29 is 27.1 Å². The first-order chi connectivity index (χ1) is 17.0. The second-order valence-corrected chi connectivity index (χ2v) is 7.23. The summed E-state index contributed by atoms with van der Waals surface area (Å²) in [5.74, 6) is 0.349. The summed E-state index contributed by atoms with van der Waals surface area (Å²) < 4.78 is 47.8. The number of halogens is 2. The minimum atomic E-state index is -3.05. The summed E-state index contributed by atoms with van der Waals surface area (Å²) in [6.07, 6.45) is 5.56. The van der Waals surface area contributed by atoms with E-state index in [9.17, 15) is 18.8 Å². The van der Waals surface area contributed by atoms with Gasteiger partial charge in [-0.2, -0.15) is 14.0 Å². The Balaban J connectivity index is 1.49. The lowest BCUT2D eigenvalue weighted by Gasteiger charge is -2.13. The van der Waals surface area contributed by atoms with Crippen molar-refractivity contribution in [2.45, 2.75) is 13.2 Å². The van der Waals surface area contributed by atoms with Crippen molar-refractivity contribution in [2.24, 2.45) is 0 Å². The lowest BCUT2D eigenvalue weighted by Crippen LogP contribution is -2.22. The maximum Gasteiger partial charge on any atom is 0.387 e. The number of alkyl halides is 2. The van der Waals surface area contributed by atoms with Gasteiger partial charge in [0.2, 0.25) is 5.89 Å². The number of benzene rings is 2. The van der Waals surface area contributed by atoms with Crippen LogP contribution in [0.15, 0.2) is 81.0 Å². The molecule has 11 heteroatoms. The Morgan fingerprint density at radius 1 is 1.14 bits per heavy atom. The van der Waals surface area contributed by atoms with Crippen molar-refractivity contribution in [3.05, 3.63) is 89.3 Å². The van der Waals surface area contributed by atoms with Crippen LogP contribution in [0.3, 0.4) is 0 Å². The fourth-order valence-corrected chi connectivity index (χ4v) is 3.41. The molecule has 0 bridgehead atoms. The number of oxazole rings is 1. The van der Waals surface area contributed by atoms with Crippen molar-refractivity contribution in [2.75, 3.05) is 0 Å². The average molecular weight is 476 g/mol. The average Bonchev–Trinajstić information content (AvgIpc) is 3.50. The fraction of sp³-hybridized carbons (Fsp3) is 0.0833. The molecule has 3 heterocycles. The second-order valence-electron chi connectivity index (χ2n) is 7.23. The van der Waals surface area contributed by atoms with Gasteiger partial charge in [0.15, 0.2) is 22.8 Å². The zero-order chi connectivity index (χ0) is 24.4. The third-order valence-corrected chi connectivity index (χ3v) is 4.96. The molecular weight excluding hydrogens is 462 g/mol. The zero-order valence-electron chi connectivity index (χ0n) is 17.7. The molecule has 0 amide bonds. The number of nitrogens with zero attached hydrogens (tertiary/aromatic N) is 4. The van der Waals surface area contributed by atoms with Gasteiger partial charge in [-0.3, -0.25) is 4.57 Å². The first kappa shape index (κ1) is 21.8. The van der Waals surface area contributed by atoms with Gasteiger partial charge in [-0.1, -0.05) is 12.1 Å². The molecule has 0 fully saturated rings. The molecule has 0 unspecified atom stereocenters. The van der Waals surface area contributed by atoms with Crippen molar-refractivity contribution in [3.63, 3.8) is 0 Å². The van der Waals surface area contributed by atoms with Crippen LogP contribution in [0.5, 0.6) is 17.2 Å². The molecular formula is C24H14F2N4O5. The number of aromatic nitrogens is 3. The van der Waals surface area contributed by atoms with Crippen molar-refractivity contribution in [1.29, 1.82) is 5.26 Å². The van der Waals surface area contributed by atoms with Crippen LogP contribution in [0.1, 0.15) is 11.5 Å². The molecule has 0 aliphatic heterocycles. The van der Waals surface area contributed by atoms with E-state index in [-0.39, 0.29) is 29.7 Å². The third kappa shape index (κ3) is 4.58. The van der Waals surface area contributed by atoms with Crippen molar-refractivity contribution >= 4 is 11.1 Å². The number of rotatable bonds is 7. The highest BCUT2D eigenvalue weighted by Gasteiger charge is 2.16. The fourth-order valence-electron chi connectivity index (χ4n) is 3.41. The summed E-state index contributed by atoms with van der Waals surface area (Å²) in [4.78, 5) is 20.6. The monoisotopic (exact) mass is 476 g/mol. The van der Waals surface area contributed by atoms with Gasteiger partial charge in [0, 0.05) is 24.0 Å². The van der Waals surface area contributed by atoms with E-state index in [1.807, 2.05) is 6.07 Å². The molecule has 5 rings (SSSR count). The van der Waals surface area contributed by atoms with E-state index in [1.54, 1.807) is 18.2 Å². The molecule has 0 aliphatic rings. The van der Waals surface area contributed by atoms with Crippen LogP contribution in [0.25, 0.3) is 22.2 Å². The van der Waals surface area contributed by atoms with Crippen LogP contribution in [0.2, 0.25) is 0 Å². The minimum Gasteiger partial charge on any atom is -0.469 e. The summed E-state index contributed by atoms with van der Waals surface area (Å²) >= 11 is 0. The largest absolute Gasteiger partial charge is 0.469 e. The van der Waals surface area contributed by atoms with E-state index in [2.05, 4.69) is 14.7 Å². The Labute approximate surface area is 195 Å². The van der Waals surface area contributed by atoms with Crippen LogP contribution in [-0.4, -0.2) is 21.1 Å². The van der Waals surface area contributed by atoms with E-state index in [0.717, 1.165) is 0 Å². The van der Waals surface area contributed by atoms with Gasteiger partial charge in [-0.05, 0) is 29.8 Å². The van der Waals surface area contributed by atoms with Crippen LogP contribution in [0, 0.1) is 11.3 Å². The molecule has 0 spiro atoms. The molecule has 0 saturated heterocycles. The summed E-state index contributed by atoms with van der Waals surface area (Å²) in [5.41, 5.74) is 1.65. The maximum absolute atomic E-state index is 12.9. The Morgan fingerprint density at radius 3 is 2.80 bits per heavy atom. The number of nitriles is 1. The molecule has 174 valence electrons. The number of para-hydroxylation sites is 1. The van der Waals surface area contributed by atoms with E-state index in [1.165, 1.54) is 53.8 Å². The van der Waals surface area contributed by atoms with E-state index in [4.69, 9.17) is 13.6 Å². The first-order valence-corrected chi connectivity index (χ1v) is 10.1. The van der Waals surface area contributed by atoms with Gasteiger partial charge in [0.05, 0.1) is 11.8 Å². The topological polar surface area (TPSA) is 116 Å². The quantitative estimate of drug-likeness (QED) is 0.324. The van der Waals surface area contributed by atoms with Gasteiger partial charge in [0.25, 0.3) is 0 Å². The van der Waals surface area contributed by atoms with Crippen molar-refractivity contribution in [3.8, 4) is 34.4 Å². The van der Waals surface area contributed by atoms with Gasteiger partial charge >= 0.3 is 12.3 Å². The Bertz CT molecular complexity index is 1600. The maximum atomic E-state index is 12.9. The molecule has 35 heavy (non-hydrogen) atoms. The lowest BCUT2D eigenvalue weighted by molar-refractivity contribution is -0.0510. The smallest absolute Gasteiger partial charge is 0.387 e. The van der Waals surface area contributed by atoms with Gasteiger partial charge in [0.1, 0.15) is 24.4 Å². The number of fused-ring (bicyclic) bond motifs is 1. The highest BCUT2D eigenvalue weighted by Crippen LogP contribution is 2.36. The van der Waals surface area contributed by atoms with E-state index >= 15 is 0 Å². The molecule has 0 atom stereocenters. The summed E-state index contributed by atoms with van der Waals surface area (Å²) in [6.45, 7) is -3.08. The first-order valence-electron chi connectivity index (χ1n) is 10.1.